The van der Waals surface area contributed by atoms with Crippen molar-refractivity contribution < 1.29 is 23.1 Å². The Morgan fingerprint density at radius 1 is 1.41 bits per heavy atom. The predicted molar refractivity (Wildman–Crippen MR) is 75.5 cm³/mol. The first-order valence-corrected chi connectivity index (χ1v) is 7.04. The topological polar surface area (TPSA) is 74.2 Å². The van der Waals surface area contributed by atoms with Crippen LogP contribution in [0.1, 0.15) is 17.2 Å². The van der Waals surface area contributed by atoms with Crippen LogP contribution < -0.4 is 10.6 Å². The molecule has 3 N–H and O–H groups in total. The largest absolute Gasteiger partial charge is 0.416 e. The summed E-state index contributed by atoms with van der Waals surface area (Å²) in [4.78, 5) is 15.4. The van der Waals surface area contributed by atoms with Crippen molar-refractivity contribution in [2.24, 2.45) is 0 Å². The van der Waals surface area contributed by atoms with E-state index in [2.05, 4.69) is 15.6 Å². The number of amides is 2. The minimum absolute atomic E-state index is 0.0735. The van der Waals surface area contributed by atoms with Crippen molar-refractivity contribution in [1.82, 2.24) is 10.3 Å². The highest BCUT2D eigenvalue weighted by molar-refractivity contribution is 7.13. The number of nitrogens with one attached hydrogen (secondary N) is 2. The number of halogens is 3. The zero-order valence-corrected chi connectivity index (χ0v) is 11.9. The number of carbonyl (C=O) groups excluding carboxylic acids is 1. The number of benzene rings is 1. The van der Waals surface area contributed by atoms with Gasteiger partial charge in [0.15, 0.2) is 5.13 Å². The highest BCUT2D eigenvalue weighted by Crippen LogP contribution is 2.30. The van der Waals surface area contributed by atoms with E-state index in [0.717, 1.165) is 12.1 Å². The summed E-state index contributed by atoms with van der Waals surface area (Å²) in [6.07, 6.45) is -4.22. The van der Waals surface area contributed by atoms with Gasteiger partial charge in [-0.2, -0.15) is 13.2 Å². The summed E-state index contributed by atoms with van der Waals surface area (Å²) in [5.74, 6) is 0. The molecule has 0 fully saturated rings. The fourth-order valence-electron chi connectivity index (χ4n) is 1.66. The van der Waals surface area contributed by atoms with Gasteiger partial charge in [0.2, 0.25) is 0 Å². The number of thiazole rings is 1. The maximum Gasteiger partial charge on any atom is 0.416 e. The van der Waals surface area contributed by atoms with E-state index in [4.69, 9.17) is 0 Å². The number of rotatable bonds is 4. The molecule has 0 saturated carbocycles. The summed E-state index contributed by atoms with van der Waals surface area (Å²) >= 11 is 1.22. The Kier molecular flexibility index (Phi) is 4.99. The first-order valence-electron chi connectivity index (χ1n) is 6.16. The van der Waals surface area contributed by atoms with E-state index >= 15 is 0 Å². The first kappa shape index (κ1) is 16.2. The number of aromatic nitrogens is 1. The lowest BCUT2D eigenvalue weighted by Gasteiger charge is -2.14. The first-order chi connectivity index (χ1) is 10.4. The molecule has 0 spiro atoms. The van der Waals surface area contributed by atoms with E-state index in [1.807, 2.05) is 0 Å². The van der Waals surface area contributed by atoms with Crippen LogP contribution in [0.25, 0.3) is 0 Å². The average molecular weight is 331 g/mol. The zero-order valence-electron chi connectivity index (χ0n) is 11.1. The van der Waals surface area contributed by atoms with Gasteiger partial charge in [-0.3, -0.25) is 5.32 Å². The molecule has 1 aromatic heterocycles. The van der Waals surface area contributed by atoms with E-state index in [-0.39, 0.29) is 12.1 Å². The molecule has 1 heterocycles. The number of anilines is 1. The third-order valence-electron chi connectivity index (χ3n) is 2.71. The summed E-state index contributed by atoms with van der Waals surface area (Å²) in [7, 11) is 0. The third-order valence-corrected chi connectivity index (χ3v) is 3.40. The SMILES string of the molecule is O=C(NCC(O)c1cccc(C(F)(F)F)c1)Nc1nccs1. The van der Waals surface area contributed by atoms with Crippen LogP contribution in [-0.2, 0) is 6.18 Å². The molecule has 0 aliphatic rings. The molecule has 2 amide bonds. The predicted octanol–water partition coefficient (Wildman–Crippen LogP) is 3.02. The van der Waals surface area contributed by atoms with Gasteiger partial charge in [0.1, 0.15) is 0 Å². The average Bonchev–Trinajstić information content (AvgIpc) is 2.97. The quantitative estimate of drug-likeness (QED) is 0.806. The lowest BCUT2D eigenvalue weighted by molar-refractivity contribution is -0.137. The van der Waals surface area contributed by atoms with Crippen molar-refractivity contribution in [1.29, 1.82) is 0 Å². The Morgan fingerprint density at radius 2 is 2.18 bits per heavy atom. The molecule has 1 atom stereocenters. The Morgan fingerprint density at radius 3 is 2.82 bits per heavy atom. The van der Waals surface area contributed by atoms with E-state index in [1.165, 1.54) is 29.7 Å². The number of urea groups is 1. The molecule has 0 bridgehead atoms. The zero-order chi connectivity index (χ0) is 16.2. The van der Waals surface area contributed by atoms with Crippen LogP contribution in [0.2, 0.25) is 0 Å². The van der Waals surface area contributed by atoms with Crippen molar-refractivity contribution in [3.63, 3.8) is 0 Å². The third kappa shape index (κ3) is 4.43. The summed E-state index contributed by atoms with van der Waals surface area (Å²) < 4.78 is 37.8. The molecular weight excluding hydrogens is 319 g/mol. The molecule has 118 valence electrons. The number of aliphatic hydroxyl groups is 1. The summed E-state index contributed by atoms with van der Waals surface area (Å²) in [5, 5.41) is 16.7. The smallest absolute Gasteiger partial charge is 0.387 e. The number of aliphatic hydroxyl groups excluding tert-OH is 1. The highest BCUT2D eigenvalue weighted by atomic mass is 32.1. The molecule has 1 aromatic carbocycles. The highest BCUT2D eigenvalue weighted by Gasteiger charge is 2.30. The maximum atomic E-state index is 12.6. The summed E-state index contributed by atoms with van der Waals surface area (Å²) in [5.41, 5.74) is -0.777. The van der Waals surface area contributed by atoms with Gasteiger partial charge >= 0.3 is 12.2 Å². The minimum atomic E-state index is -4.48. The number of carbonyl (C=O) groups is 1. The van der Waals surface area contributed by atoms with E-state index in [1.54, 1.807) is 5.38 Å². The molecule has 9 heteroatoms. The van der Waals surface area contributed by atoms with Crippen LogP contribution in [0.3, 0.4) is 0 Å². The molecule has 0 saturated heterocycles. The van der Waals surface area contributed by atoms with Crippen LogP contribution >= 0.6 is 11.3 Å². The van der Waals surface area contributed by atoms with Gasteiger partial charge < -0.3 is 10.4 Å². The molecule has 2 rings (SSSR count). The van der Waals surface area contributed by atoms with Crippen LogP contribution in [0.5, 0.6) is 0 Å². The Bertz CT molecular complexity index is 632. The number of hydrogen-bond donors (Lipinski definition) is 3. The van der Waals surface area contributed by atoms with Crippen LogP contribution in [0, 0.1) is 0 Å². The van der Waals surface area contributed by atoms with Crippen molar-refractivity contribution in [3.8, 4) is 0 Å². The van der Waals surface area contributed by atoms with Crippen LogP contribution in [0.15, 0.2) is 35.8 Å². The van der Waals surface area contributed by atoms with Crippen LogP contribution in [0.4, 0.5) is 23.1 Å². The van der Waals surface area contributed by atoms with Crippen molar-refractivity contribution in [3.05, 3.63) is 47.0 Å². The number of alkyl halides is 3. The van der Waals surface area contributed by atoms with Crippen LogP contribution in [-0.4, -0.2) is 22.7 Å². The number of hydrogen-bond acceptors (Lipinski definition) is 4. The van der Waals surface area contributed by atoms with Crippen molar-refractivity contribution in [2.45, 2.75) is 12.3 Å². The molecule has 0 aliphatic heterocycles. The summed E-state index contributed by atoms with van der Waals surface area (Å²) in [6.45, 7) is -0.224. The van der Waals surface area contributed by atoms with Gasteiger partial charge in [-0.05, 0) is 17.7 Å². The fourth-order valence-corrected chi connectivity index (χ4v) is 2.18. The standard InChI is InChI=1S/C13H12F3N3O2S/c14-13(15,16)9-3-1-2-8(6-9)10(20)7-18-11(21)19-12-17-4-5-22-12/h1-6,10,20H,7H2,(H2,17,18,19,21). The second kappa shape index (κ2) is 6.75. The van der Waals surface area contributed by atoms with Gasteiger partial charge in [-0.1, -0.05) is 12.1 Å². The van der Waals surface area contributed by atoms with Crippen molar-refractivity contribution >= 4 is 22.5 Å². The Labute approximate surface area is 127 Å². The van der Waals surface area contributed by atoms with Gasteiger partial charge in [0.05, 0.1) is 11.7 Å². The molecule has 0 radical (unpaired) electrons. The molecule has 22 heavy (non-hydrogen) atoms. The lowest BCUT2D eigenvalue weighted by atomic mass is 10.1. The van der Waals surface area contributed by atoms with Gasteiger partial charge in [0.25, 0.3) is 0 Å². The second-order valence-electron chi connectivity index (χ2n) is 4.31. The van der Waals surface area contributed by atoms with E-state index < -0.39 is 23.9 Å². The Balaban J connectivity index is 1.92. The molecule has 1 unspecified atom stereocenters. The number of nitrogens with zero attached hydrogens (tertiary/aromatic N) is 1. The van der Waals surface area contributed by atoms with Gasteiger partial charge in [-0.15, -0.1) is 11.3 Å². The van der Waals surface area contributed by atoms with Crippen molar-refractivity contribution in [2.75, 3.05) is 11.9 Å². The van der Waals surface area contributed by atoms with Gasteiger partial charge in [0, 0.05) is 18.1 Å². The van der Waals surface area contributed by atoms with Gasteiger partial charge in [-0.25, -0.2) is 9.78 Å². The minimum Gasteiger partial charge on any atom is -0.387 e. The van der Waals surface area contributed by atoms with E-state index in [0.29, 0.717) is 5.13 Å². The molecular formula is C13H12F3N3O2S. The molecule has 2 aromatic rings. The lowest BCUT2D eigenvalue weighted by Crippen LogP contribution is -2.32. The molecule has 5 nitrogen and oxygen atoms in total. The second-order valence-corrected chi connectivity index (χ2v) is 5.21. The summed E-state index contributed by atoms with van der Waals surface area (Å²) in [6, 6.07) is 3.74. The monoisotopic (exact) mass is 331 g/mol. The fraction of sp³-hybridized carbons (Fsp3) is 0.231. The molecule has 0 aliphatic carbocycles. The normalized spacial score (nSPS) is 12.7. The maximum absolute atomic E-state index is 12.6. The van der Waals surface area contributed by atoms with E-state index in [9.17, 15) is 23.1 Å². The Hall–Kier alpha value is -2.13.